The number of benzene rings is 1. The molecule has 100 valence electrons. The lowest BCUT2D eigenvalue weighted by Gasteiger charge is -2.27. The molecule has 0 aliphatic carbocycles. The van der Waals surface area contributed by atoms with Crippen molar-refractivity contribution in [2.75, 3.05) is 10.7 Å². The summed E-state index contributed by atoms with van der Waals surface area (Å²) in [6.45, 7) is 3.81. The van der Waals surface area contributed by atoms with Gasteiger partial charge in [0.2, 0.25) is 11.6 Å². The van der Waals surface area contributed by atoms with Gasteiger partial charge in [-0.3, -0.25) is 4.79 Å². The molecule has 2 N–H and O–H groups in total. The molecule has 7 heteroatoms. The third kappa shape index (κ3) is 5.08. The Labute approximate surface area is 116 Å². The summed E-state index contributed by atoms with van der Waals surface area (Å²) in [7, 11) is 0. The number of para-hydroxylation sites is 1. The summed E-state index contributed by atoms with van der Waals surface area (Å²) in [6, 6.07) is 9.27. The van der Waals surface area contributed by atoms with E-state index in [-0.39, 0.29) is 17.7 Å². The molecule has 0 spiro atoms. The molecule has 0 heterocycles. The van der Waals surface area contributed by atoms with Crippen molar-refractivity contribution in [1.29, 1.82) is 0 Å². The first kappa shape index (κ1) is 15.7. The molecule has 4 nitrogen and oxygen atoms in total. The first-order valence-corrected chi connectivity index (χ1v) is 9.68. The fourth-order valence-electron chi connectivity index (χ4n) is 1.53. The lowest BCUT2D eigenvalue weighted by Crippen LogP contribution is -2.38. The van der Waals surface area contributed by atoms with E-state index in [1.54, 1.807) is 4.90 Å². The number of hydrogen-bond acceptors (Lipinski definition) is 3. The molecular weight excluding hydrogens is 289 g/mol. The molecular formula is C11H16NO3PS2. The second-order valence-corrected chi connectivity index (χ2v) is 10.0. The highest BCUT2D eigenvalue weighted by Crippen LogP contribution is 2.50. The second kappa shape index (κ2) is 6.68. The zero-order chi connectivity index (χ0) is 13.8. The van der Waals surface area contributed by atoms with Crippen molar-refractivity contribution in [1.82, 2.24) is 0 Å². The van der Waals surface area contributed by atoms with Gasteiger partial charge in [-0.05, 0) is 37.8 Å². The molecule has 0 aromatic heterocycles. The van der Waals surface area contributed by atoms with Gasteiger partial charge in [-0.1, -0.05) is 29.6 Å². The lowest BCUT2D eigenvalue weighted by molar-refractivity contribution is -0.116. The maximum Gasteiger partial charge on any atom is 0.242 e. The van der Waals surface area contributed by atoms with E-state index >= 15 is 0 Å². The molecule has 1 rings (SSSR count). The molecule has 0 aliphatic rings. The summed E-state index contributed by atoms with van der Waals surface area (Å²) in [6.07, 6.45) is 0. The van der Waals surface area contributed by atoms with Gasteiger partial charge >= 0.3 is 0 Å². The van der Waals surface area contributed by atoms with E-state index < -0.39 is 5.69 Å². The number of hydrogen-bond donors (Lipinski definition) is 2. The Morgan fingerprint density at radius 2 is 1.94 bits per heavy atom. The van der Waals surface area contributed by atoms with E-state index in [0.717, 1.165) is 17.1 Å². The van der Waals surface area contributed by atoms with Gasteiger partial charge in [-0.15, -0.1) is 0 Å². The Balaban J connectivity index is 2.81. The maximum absolute atomic E-state index is 12.1. The molecule has 0 saturated heterocycles. The second-order valence-electron chi connectivity index (χ2n) is 3.96. The Morgan fingerprint density at radius 1 is 1.39 bits per heavy atom. The van der Waals surface area contributed by atoms with Crippen molar-refractivity contribution < 1.29 is 14.6 Å². The SMILES string of the molecule is CC(C)N(C(=O)CSP(O)(O)=S)c1ccccc1. The van der Waals surface area contributed by atoms with Crippen LogP contribution < -0.4 is 4.90 Å². The molecule has 0 bridgehead atoms. The normalized spacial score (nSPS) is 11.6. The molecule has 18 heavy (non-hydrogen) atoms. The number of anilines is 1. The Morgan fingerprint density at radius 3 is 2.39 bits per heavy atom. The van der Waals surface area contributed by atoms with Crippen molar-refractivity contribution >= 4 is 40.5 Å². The van der Waals surface area contributed by atoms with Gasteiger partial charge in [0, 0.05) is 11.7 Å². The molecule has 1 aromatic rings. The van der Waals surface area contributed by atoms with Gasteiger partial charge in [0.1, 0.15) is 0 Å². The predicted molar refractivity (Wildman–Crippen MR) is 80.2 cm³/mol. The summed E-state index contributed by atoms with van der Waals surface area (Å²) in [5, 5.41) is 0. The monoisotopic (exact) mass is 305 g/mol. The largest absolute Gasteiger partial charge is 0.338 e. The van der Waals surface area contributed by atoms with E-state index in [1.165, 1.54) is 0 Å². The van der Waals surface area contributed by atoms with E-state index in [2.05, 4.69) is 11.8 Å². The molecule has 0 fully saturated rings. The predicted octanol–water partition coefficient (Wildman–Crippen LogP) is 2.37. The van der Waals surface area contributed by atoms with Crippen molar-refractivity contribution in [2.45, 2.75) is 19.9 Å². The van der Waals surface area contributed by atoms with Crippen molar-refractivity contribution in [3.8, 4) is 0 Å². The number of carbonyl (C=O) groups excluding carboxylic acids is 1. The molecule has 0 radical (unpaired) electrons. The van der Waals surface area contributed by atoms with E-state index in [9.17, 15) is 4.79 Å². The lowest BCUT2D eigenvalue weighted by atomic mass is 10.2. The van der Waals surface area contributed by atoms with Crippen LogP contribution in [0.2, 0.25) is 0 Å². The van der Waals surface area contributed by atoms with Crippen LogP contribution in [0.1, 0.15) is 13.8 Å². The summed E-state index contributed by atoms with van der Waals surface area (Å²) in [4.78, 5) is 32.0. The Hall–Kier alpha value is -0.390. The van der Waals surface area contributed by atoms with Gasteiger partial charge in [0.05, 0.1) is 5.75 Å². The van der Waals surface area contributed by atoms with Crippen LogP contribution in [0.15, 0.2) is 30.3 Å². The van der Waals surface area contributed by atoms with Gasteiger partial charge < -0.3 is 14.7 Å². The van der Waals surface area contributed by atoms with Crippen molar-refractivity contribution in [3.63, 3.8) is 0 Å². The number of carbonyl (C=O) groups is 1. The Kier molecular flexibility index (Phi) is 5.82. The van der Waals surface area contributed by atoms with Crippen molar-refractivity contribution in [2.24, 2.45) is 0 Å². The van der Waals surface area contributed by atoms with Gasteiger partial charge in [0.15, 0.2) is 0 Å². The molecule has 0 saturated carbocycles. The molecule has 0 unspecified atom stereocenters. The third-order valence-corrected chi connectivity index (χ3v) is 5.23. The maximum atomic E-state index is 12.1. The van der Waals surface area contributed by atoms with Gasteiger partial charge in [0.25, 0.3) is 0 Å². The number of amides is 1. The summed E-state index contributed by atoms with van der Waals surface area (Å²) < 4.78 is 0. The fraction of sp³-hybridized carbons (Fsp3) is 0.364. The number of rotatable bonds is 5. The minimum atomic E-state index is -3.38. The van der Waals surface area contributed by atoms with Crippen LogP contribution in [0.5, 0.6) is 0 Å². The average Bonchev–Trinajstić information content (AvgIpc) is 2.26. The molecule has 0 aliphatic heterocycles. The molecule has 1 aromatic carbocycles. The smallest absolute Gasteiger partial charge is 0.242 e. The minimum Gasteiger partial charge on any atom is -0.338 e. The average molecular weight is 305 g/mol. The fourth-order valence-corrected chi connectivity index (χ4v) is 3.26. The highest BCUT2D eigenvalue weighted by atomic mass is 32.9. The van der Waals surface area contributed by atoms with Gasteiger partial charge in [-0.25, -0.2) is 0 Å². The van der Waals surface area contributed by atoms with Crippen molar-refractivity contribution in [3.05, 3.63) is 30.3 Å². The van der Waals surface area contributed by atoms with Crippen LogP contribution in [0.3, 0.4) is 0 Å². The third-order valence-electron chi connectivity index (χ3n) is 2.18. The number of nitrogens with zero attached hydrogens (tertiary/aromatic N) is 1. The van der Waals surface area contributed by atoms with Crippen LogP contribution in [0.4, 0.5) is 5.69 Å². The Bertz CT molecular complexity index is 447. The van der Waals surface area contributed by atoms with E-state index in [0.29, 0.717) is 0 Å². The van der Waals surface area contributed by atoms with Crippen LogP contribution in [0, 0.1) is 0 Å². The first-order valence-electron chi connectivity index (χ1n) is 5.38. The zero-order valence-electron chi connectivity index (χ0n) is 10.2. The first-order chi connectivity index (χ1) is 8.31. The molecule has 1 amide bonds. The van der Waals surface area contributed by atoms with Crippen LogP contribution in [-0.2, 0) is 16.6 Å². The van der Waals surface area contributed by atoms with Crippen LogP contribution in [-0.4, -0.2) is 27.5 Å². The van der Waals surface area contributed by atoms with Crippen LogP contribution in [0.25, 0.3) is 0 Å². The van der Waals surface area contributed by atoms with Gasteiger partial charge in [-0.2, -0.15) is 0 Å². The summed E-state index contributed by atoms with van der Waals surface area (Å²) in [5.74, 6) is -0.212. The summed E-state index contributed by atoms with van der Waals surface area (Å²) in [5.41, 5.74) is -2.58. The summed E-state index contributed by atoms with van der Waals surface area (Å²) >= 11 is 5.21. The van der Waals surface area contributed by atoms with E-state index in [1.807, 2.05) is 44.2 Å². The van der Waals surface area contributed by atoms with Crippen LogP contribution >= 0.6 is 17.1 Å². The topological polar surface area (TPSA) is 60.8 Å². The standard InChI is InChI=1S/C11H16NO3PS2/c1-9(2)12(10-6-4-3-5-7-10)11(13)8-18-16(14,15)17/h3-7,9H,8H2,1-2H3,(H2,14,15,17). The minimum absolute atomic E-state index is 0.00394. The zero-order valence-corrected chi connectivity index (χ0v) is 12.7. The highest BCUT2D eigenvalue weighted by molar-refractivity contribution is 8.67. The highest BCUT2D eigenvalue weighted by Gasteiger charge is 2.21. The molecule has 0 atom stereocenters. The van der Waals surface area contributed by atoms with E-state index in [4.69, 9.17) is 9.79 Å². The quantitative estimate of drug-likeness (QED) is 0.818.